The van der Waals surface area contributed by atoms with E-state index in [1.807, 2.05) is 6.92 Å². The quantitative estimate of drug-likeness (QED) is 0.728. The van der Waals surface area contributed by atoms with Crippen LogP contribution in [0.3, 0.4) is 0 Å². The van der Waals surface area contributed by atoms with Crippen LogP contribution in [-0.4, -0.2) is 34.7 Å². The summed E-state index contributed by atoms with van der Waals surface area (Å²) >= 11 is 0. The molecule has 0 aliphatic rings. The van der Waals surface area contributed by atoms with Crippen molar-refractivity contribution in [3.8, 4) is 0 Å². The number of hydrogen-bond acceptors (Lipinski definition) is 3. The van der Waals surface area contributed by atoms with Gasteiger partial charge in [-0.05, 0) is 43.5 Å². The maximum absolute atomic E-state index is 11.8. The molecule has 0 heterocycles. The molecule has 2 unspecified atom stereocenters. The fraction of sp³-hybridized carbons (Fsp3) is 0.429. The minimum Gasteiger partial charge on any atom is -0.478 e. The van der Waals surface area contributed by atoms with E-state index in [1.54, 1.807) is 6.92 Å². The number of nitrogens with one attached hydrogen (secondary N) is 1. The first-order valence-electron chi connectivity index (χ1n) is 6.19. The first-order valence-corrected chi connectivity index (χ1v) is 6.19. The van der Waals surface area contributed by atoms with Gasteiger partial charge in [0.2, 0.25) is 0 Å². The number of rotatable bonds is 6. The third kappa shape index (κ3) is 5.09. The molecule has 0 aliphatic heterocycles. The summed E-state index contributed by atoms with van der Waals surface area (Å²) in [5.74, 6) is -1.07. The first-order chi connectivity index (χ1) is 8.90. The summed E-state index contributed by atoms with van der Waals surface area (Å²) in [6, 6.07) is 5.77. The van der Waals surface area contributed by atoms with Crippen molar-refractivity contribution in [2.45, 2.75) is 26.4 Å². The minimum absolute atomic E-state index is 0.152. The fourth-order valence-corrected chi connectivity index (χ4v) is 1.80. The molecule has 0 radical (unpaired) electrons. The van der Waals surface area contributed by atoms with E-state index in [0.29, 0.717) is 18.5 Å². The standard InChI is InChI=1S/C14H19NO4/c1-9(7-10(2)16)8-15-13(17)11-3-5-12(6-4-11)14(18)19/h3-6,9-10,16H,7-8H2,1-2H3,(H,15,17)(H,18,19). The normalized spacial score (nSPS) is 13.6. The minimum atomic E-state index is -1.02. The predicted molar refractivity (Wildman–Crippen MR) is 71.2 cm³/mol. The van der Waals surface area contributed by atoms with Crippen LogP contribution in [-0.2, 0) is 0 Å². The molecular formula is C14H19NO4. The lowest BCUT2D eigenvalue weighted by Gasteiger charge is -2.14. The molecule has 5 nitrogen and oxygen atoms in total. The van der Waals surface area contributed by atoms with E-state index in [9.17, 15) is 14.7 Å². The maximum atomic E-state index is 11.8. The van der Waals surface area contributed by atoms with Crippen molar-refractivity contribution in [2.75, 3.05) is 6.54 Å². The van der Waals surface area contributed by atoms with Crippen LogP contribution in [0, 0.1) is 5.92 Å². The molecule has 19 heavy (non-hydrogen) atoms. The zero-order chi connectivity index (χ0) is 14.4. The third-order valence-corrected chi connectivity index (χ3v) is 2.75. The van der Waals surface area contributed by atoms with Crippen molar-refractivity contribution in [1.29, 1.82) is 0 Å². The van der Waals surface area contributed by atoms with E-state index in [2.05, 4.69) is 5.32 Å². The van der Waals surface area contributed by atoms with E-state index >= 15 is 0 Å². The number of carbonyl (C=O) groups is 2. The second-order valence-electron chi connectivity index (χ2n) is 4.78. The van der Waals surface area contributed by atoms with Gasteiger partial charge in [-0.1, -0.05) is 6.92 Å². The monoisotopic (exact) mass is 265 g/mol. The van der Waals surface area contributed by atoms with Gasteiger partial charge in [0.1, 0.15) is 0 Å². The van der Waals surface area contributed by atoms with Gasteiger partial charge in [0, 0.05) is 12.1 Å². The number of carboxylic acid groups (broad SMARTS) is 1. The smallest absolute Gasteiger partial charge is 0.335 e. The molecule has 104 valence electrons. The Balaban J connectivity index is 2.52. The van der Waals surface area contributed by atoms with E-state index in [1.165, 1.54) is 24.3 Å². The Hall–Kier alpha value is -1.88. The van der Waals surface area contributed by atoms with E-state index in [0.717, 1.165) is 0 Å². The number of benzene rings is 1. The average molecular weight is 265 g/mol. The Morgan fingerprint density at radius 1 is 1.16 bits per heavy atom. The zero-order valence-electron chi connectivity index (χ0n) is 11.1. The number of aromatic carboxylic acids is 1. The molecule has 1 aromatic carbocycles. The summed E-state index contributed by atoms with van der Waals surface area (Å²) in [6.45, 7) is 4.13. The highest BCUT2D eigenvalue weighted by atomic mass is 16.4. The van der Waals surface area contributed by atoms with Gasteiger partial charge in [0.25, 0.3) is 5.91 Å². The van der Waals surface area contributed by atoms with E-state index in [4.69, 9.17) is 5.11 Å². The molecule has 0 spiro atoms. The second-order valence-corrected chi connectivity index (χ2v) is 4.78. The third-order valence-electron chi connectivity index (χ3n) is 2.75. The van der Waals surface area contributed by atoms with Gasteiger partial charge in [-0.25, -0.2) is 4.79 Å². The van der Waals surface area contributed by atoms with Crippen LogP contribution < -0.4 is 5.32 Å². The first kappa shape index (κ1) is 15.2. The highest BCUT2D eigenvalue weighted by Gasteiger charge is 2.10. The van der Waals surface area contributed by atoms with Gasteiger partial charge in [0.15, 0.2) is 0 Å². The van der Waals surface area contributed by atoms with Crippen molar-refractivity contribution < 1.29 is 19.8 Å². The van der Waals surface area contributed by atoms with Crippen LogP contribution in [0.2, 0.25) is 0 Å². The lowest BCUT2D eigenvalue weighted by molar-refractivity contribution is 0.0696. The molecule has 0 saturated carbocycles. The van der Waals surface area contributed by atoms with Gasteiger partial charge in [-0.2, -0.15) is 0 Å². The number of carbonyl (C=O) groups excluding carboxylic acids is 1. The lowest BCUT2D eigenvalue weighted by atomic mass is 10.0. The molecule has 5 heteroatoms. The maximum Gasteiger partial charge on any atom is 0.335 e. The molecule has 1 rings (SSSR count). The number of aliphatic hydroxyl groups excluding tert-OH is 1. The Labute approximate surface area is 112 Å². The zero-order valence-corrected chi connectivity index (χ0v) is 11.1. The average Bonchev–Trinajstić information content (AvgIpc) is 2.35. The number of aliphatic hydroxyl groups is 1. The van der Waals surface area contributed by atoms with Gasteiger partial charge in [-0.3, -0.25) is 4.79 Å². The van der Waals surface area contributed by atoms with Gasteiger partial charge in [0.05, 0.1) is 11.7 Å². The number of amides is 1. The van der Waals surface area contributed by atoms with Gasteiger partial charge >= 0.3 is 5.97 Å². The molecule has 0 saturated heterocycles. The SMILES string of the molecule is CC(O)CC(C)CNC(=O)c1ccc(C(=O)O)cc1. The van der Waals surface area contributed by atoms with E-state index < -0.39 is 5.97 Å². The van der Waals surface area contributed by atoms with Crippen LogP contribution in [0.15, 0.2) is 24.3 Å². The Morgan fingerprint density at radius 2 is 1.68 bits per heavy atom. The van der Waals surface area contributed by atoms with Crippen molar-refractivity contribution in [2.24, 2.45) is 5.92 Å². The summed E-state index contributed by atoms with van der Waals surface area (Å²) in [5, 5.41) is 20.7. The van der Waals surface area contributed by atoms with Gasteiger partial charge < -0.3 is 15.5 Å². The largest absolute Gasteiger partial charge is 0.478 e. The molecule has 2 atom stereocenters. The van der Waals surface area contributed by atoms with Crippen LogP contribution in [0.1, 0.15) is 41.0 Å². The highest BCUT2D eigenvalue weighted by Crippen LogP contribution is 2.07. The predicted octanol–water partition coefficient (Wildman–Crippen LogP) is 1.52. The Morgan fingerprint density at radius 3 is 2.16 bits per heavy atom. The highest BCUT2D eigenvalue weighted by molar-refractivity contribution is 5.95. The van der Waals surface area contributed by atoms with Crippen molar-refractivity contribution >= 4 is 11.9 Å². The summed E-state index contributed by atoms with van der Waals surface area (Å²) in [5.41, 5.74) is 0.577. The lowest BCUT2D eigenvalue weighted by Crippen LogP contribution is -2.29. The molecule has 0 aromatic heterocycles. The van der Waals surface area contributed by atoms with Crippen LogP contribution >= 0.6 is 0 Å². The summed E-state index contributed by atoms with van der Waals surface area (Å²) in [6.07, 6.45) is 0.236. The summed E-state index contributed by atoms with van der Waals surface area (Å²) < 4.78 is 0. The molecule has 3 N–H and O–H groups in total. The molecule has 0 fully saturated rings. The van der Waals surface area contributed by atoms with Crippen molar-refractivity contribution in [1.82, 2.24) is 5.32 Å². The molecule has 0 bridgehead atoms. The van der Waals surface area contributed by atoms with Crippen molar-refractivity contribution in [3.05, 3.63) is 35.4 Å². The van der Waals surface area contributed by atoms with Crippen LogP contribution in [0.25, 0.3) is 0 Å². The molecule has 1 amide bonds. The second kappa shape index (κ2) is 6.89. The molecular weight excluding hydrogens is 246 g/mol. The Bertz CT molecular complexity index is 439. The van der Waals surface area contributed by atoms with E-state index in [-0.39, 0.29) is 23.5 Å². The Kier molecular flexibility index (Phi) is 5.51. The summed E-state index contributed by atoms with van der Waals surface area (Å²) in [4.78, 5) is 22.5. The molecule has 0 aliphatic carbocycles. The number of carboxylic acids is 1. The van der Waals surface area contributed by atoms with Crippen LogP contribution in [0.5, 0.6) is 0 Å². The fourth-order valence-electron chi connectivity index (χ4n) is 1.80. The van der Waals surface area contributed by atoms with Gasteiger partial charge in [-0.15, -0.1) is 0 Å². The topological polar surface area (TPSA) is 86.6 Å². The summed E-state index contributed by atoms with van der Waals surface area (Å²) in [7, 11) is 0. The van der Waals surface area contributed by atoms with Crippen molar-refractivity contribution in [3.63, 3.8) is 0 Å². The van der Waals surface area contributed by atoms with Crippen LogP contribution in [0.4, 0.5) is 0 Å². The molecule has 1 aromatic rings. The number of hydrogen-bond donors (Lipinski definition) is 3.